The monoisotopic (exact) mass is 323 g/mol. The molecule has 1 rings (SSSR count). The van der Waals surface area contributed by atoms with Crippen molar-refractivity contribution in [3.05, 3.63) is 34.9 Å². The maximum atomic E-state index is 11.1. The highest BCUT2D eigenvalue weighted by atomic mass is 35.5. The SMILES string of the molecule is CC[C@@H](OS(N)(=O)=O)[C@H](OCOC)c1ccccc1Cl. The second kappa shape index (κ2) is 7.92. The number of rotatable bonds is 8. The van der Waals surface area contributed by atoms with Crippen LogP contribution in [0.4, 0.5) is 0 Å². The van der Waals surface area contributed by atoms with Crippen molar-refractivity contribution in [1.82, 2.24) is 0 Å². The van der Waals surface area contributed by atoms with Gasteiger partial charge in [0.05, 0.1) is 0 Å². The number of halogens is 1. The van der Waals surface area contributed by atoms with Gasteiger partial charge in [-0.3, -0.25) is 4.18 Å². The van der Waals surface area contributed by atoms with Crippen LogP contribution in [0.15, 0.2) is 24.3 Å². The third kappa shape index (κ3) is 5.35. The van der Waals surface area contributed by atoms with E-state index in [1.807, 2.05) is 0 Å². The van der Waals surface area contributed by atoms with Crippen LogP contribution in [0.1, 0.15) is 25.0 Å². The van der Waals surface area contributed by atoms with Crippen molar-refractivity contribution in [2.24, 2.45) is 5.14 Å². The average Bonchev–Trinajstić information content (AvgIpc) is 2.38. The molecule has 0 saturated heterocycles. The molecule has 2 N–H and O–H groups in total. The minimum atomic E-state index is -4.09. The van der Waals surface area contributed by atoms with Crippen LogP contribution in [-0.4, -0.2) is 28.4 Å². The summed E-state index contributed by atoms with van der Waals surface area (Å²) in [5.74, 6) is 0. The standard InChI is InChI=1S/C12H18ClNO5S/c1-3-11(19-20(14,15)16)12(18-8-17-2)9-6-4-5-7-10(9)13/h4-7,11-12H,3,8H2,1-2H3,(H2,14,15,16)/t11-,12-/m1/s1. The van der Waals surface area contributed by atoms with Gasteiger partial charge in [0.15, 0.2) is 0 Å². The molecule has 114 valence electrons. The fourth-order valence-corrected chi connectivity index (χ4v) is 2.57. The first-order chi connectivity index (χ1) is 9.39. The average molecular weight is 324 g/mol. The molecule has 0 aromatic heterocycles. The van der Waals surface area contributed by atoms with Gasteiger partial charge in [0.2, 0.25) is 0 Å². The maximum Gasteiger partial charge on any atom is 0.333 e. The normalized spacial score (nSPS) is 15.0. The molecule has 1 aromatic rings. The fourth-order valence-electron chi connectivity index (χ4n) is 1.75. The largest absolute Gasteiger partial charge is 0.359 e. The Labute approximate surface area is 124 Å². The van der Waals surface area contributed by atoms with E-state index < -0.39 is 22.5 Å². The van der Waals surface area contributed by atoms with Crippen LogP contribution in [0.2, 0.25) is 5.02 Å². The fraction of sp³-hybridized carbons (Fsp3) is 0.500. The number of benzene rings is 1. The lowest BCUT2D eigenvalue weighted by Gasteiger charge is -2.26. The van der Waals surface area contributed by atoms with Crippen molar-refractivity contribution in [3.63, 3.8) is 0 Å². The molecular formula is C12H18ClNO5S. The molecule has 0 bridgehead atoms. The summed E-state index contributed by atoms with van der Waals surface area (Å²) in [4.78, 5) is 0. The van der Waals surface area contributed by atoms with E-state index in [2.05, 4.69) is 0 Å². The summed E-state index contributed by atoms with van der Waals surface area (Å²) in [7, 11) is -2.63. The van der Waals surface area contributed by atoms with E-state index in [1.165, 1.54) is 7.11 Å². The second-order valence-corrected chi connectivity index (χ2v) is 5.64. The number of hydrogen-bond acceptors (Lipinski definition) is 5. The predicted octanol–water partition coefficient (Wildman–Crippen LogP) is 2.00. The number of hydrogen-bond donors (Lipinski definition) is 1. The lowest BCUT2D eigenvalue weighted by atomic mass is 10.0. The minimum Gasteiger partial charge on any atom is -0.359 e. The molecule has 0 unspecified atom stereocenters. The van der Waals surface area contributed by atoms with Gasteiger partial charge in [-0.05, 0) is 12.5 Å². The molecular weight excluding hydrogens is 306 g/mol. The quantitative estimate of drug-likeness (QED) is 0.739. The molecule has 20 heavy (non-hydrogen) atoms. The van der Waals surface area contributed by atoms with Gasteiger partial charge in [-0.2, -0.15) is 8.42 Å². The third-order valence-electron chi connectivity index (χ3n) is 2.57. The molecule has 0 aliphatic rings. The summed E-state index contributed by atoms with van der Waals surface area (Å²) >= 11 is 6.11. The smallest absolute Gasteiger partial charge is 0.333 e. The first-order valence-corrected chi connectivity index (χ1v) is 7.80. The van der Waals surface area contributed by atoms with Gasteiger partial charge in [0.25, 0.3) is 0 Å². The molecule has 1 aromatic carbocycles. The van der Waals surface area contributed by atoms with Crippen molar-refractivity contribution in [2.75, 3.05) is 13.9 Å². The summed E-state index contributed by atoms with van der Waals surface area (Å²) < 4.78 is 37.5. The summed E-state index contributed by atoms with van der Waals surface area (Å²) in [6.07, 6.45) is -1.12. The highest BCUT2D eigenvalue weighted by Gasteiger charge is 2.28. The first-order valence-electron chi connectivity index (χ1n) is 5.95. The zero-order valence-electron chi connectivity index (χ0n) is 11.3. The Morgan fingerprint density at radius 2 is 2.00 bits per heavy atom. The van der Waals surface area contributed by atoms with Crippen LogP contribution in [0, 0.1) is 0 Å². The van der Waals surface area contributed by atoms with E-state index in [1.54, 1.807) is 31.2 Å². The highest BCUT2D eigenvalue weighted by molar-refractivity contribution is 7.84. The lowest BCUT2D eigenvalue weighted by Crippen LogP contribution is -2.30. The van der Waals surface area contributed by atoms with Crippen LogP contribution in [0.25, 0.3) is 0 Å². The Morgan fingerprint density at radius 3 is 2.50 bits per heavy atom. The lowest BCUT2D eigenvalue weighted by molar-refractivity contribution is -0.108. The molecule has 0 aliphatic heterocycles. The summed E-state index contributed by atoms with van der Waals surface area (Å²) in [5, 5.41) is 5.37. The van der Waals surface area contributed by atoms with Crippen LogP contribution >= 0.6 is 11.6 Å². The molecule has 0 aliphatic carbocycles. The molecule has 2 atom stereocenters. The molecule has 0 fully saturated rings. The Balaban J connectivity index is 3.07. The van der Waals surface area contributed by atoms with Crippen molar-refractivity contribution >= 4 is 21.9 Å². The van der Waals surface area contributed by atoms with Gasteiger partial charge in [-0.25, -0.2) is 5.14 Å². The van der Waals surface area contributed by atoms with Crippen LogP contribution < -0.4 is 5.14 Å². The predicted molar refractivity (Wildman–Crippen MR) is 75.4 cm³/mol. The minimum absolute atomic E-state index is 0.0274. The van der Waals surface area contributed by atoms with Gasteiger partial charge in [-0.15, -0.1) is 0 Å². The highest BCUT2D eigenvalue weighted by Crippen LogP contribution is 2.31. The van der Waals surface area contributed by atoms with Crippen molar-refractivity contribution in [3.8, 4) is 0 Å². The molecule has 0 radical (unpaired) electrons. The van der Waals surface area contributed by atoms with Gasteiger partial charge in [0, 0.05) is 17.7 Å². The molecule has 0 heterocycles. The number of methoxy groups -OCH3 is 1. The summed E-state index contributed by atoms with van der Waals surface area (Å²) in [6, 6.07) is 6.95. The van der Waals surface area contributed by atoms with Crippen molar-refractivity contribution in [1.29, 1.82) is 0 Å². The Hall–Kier alpha value is -0.700. The Morgan fingerprint density at radius 1 is 1.35 bits per heavy atom. The molecule has 0 spiro atoms. The van der Waals surface area contributed by atoms with E-state index in [-0.39, 0.29) is 6.79 Å². The molecule has 0 amide bonds. The Kier molecular flexibility index (Phi) is 6.87. The van der Waals surface area contributed by atoms with E-state index in [0.29, 0.717) is 17.0 Å². The van der Waals surface area contributed by atoms with Crippen LogP contribution in [0.3, 0.4) is 0 Å². The maximum absolute atomic E-state index is 11.1. The topological polar surface area (TPSA) is 87.9 Å². The van der Waals surface area contributed by atoms with Crippen molar-refractivity contribution in [2.45, 2.75) is 25.6 Å². The Bertz CT molecular complexity index is 522. The van der Waals surface area contributed by atoms with E-state index in [0.717, 1.165) is 0 Å². The second-order valence-electron chi connectivity index (χ2n) is 4.05. The van der Waals surface area contributed by atoms with E-state index >= 15 is 0 Å². The molecule has 8 heteroatoms. The van der Waals surface area contributed by atoms with E-state index in [9.17, 15) is 8.42 Å². The number of nitrogens with two attached hydrogens (primary N) is 1. The first kappa shape index (κ1) is 17.4. The molecule has 0 saturated carbocycles. The van der Waals surface area contributed by atoms with Crippen molar-refractivity contribution < 1.29 is 22.1 Å². The third-order valence-corrected chi connectivity index (χ3v) is 3.43. The summed E-state index contributed by atoms with van der Waals surface area (Å²) in [5.41, 5.74) is 0.613. The van der Waals surface area contributed by atoms with Gasteiger partial charge >= 0.3 is 10.3 Å². The number of ether oxygens (including phenoxy) is 2. The van der Waals surface area contributed by atoms with Crippen LogP contribution in [0.5, 0.6) is 0 Å². The zero-order chi connectivity index (χ0) is 15.2. The van der Waals surface area contributed by atoms with Gasteiger partial charge in [-0.1, -0.05) is 36.7 Å². The van der Waals surface area contributed by atoms with Gasteiger partial charge < -0.3 is 9.47 Å². The van der Waals surface area contributed by atoms with Gasteiger partial charge in [0.1, 0.15) is 19.0 Å². The summed E-state index contributed by atoms with van der Waals surface area (Å²) in [6.45, 7) is 1.73. The molecule has 6 nitrogen and oxygen atoms in total. The zero-order valence-corrected chi connectivity index (χ0v) is 12.9. The van der Waals surface area contributed by atoms with E-state index in [4.69, 9.17) is 30.4 Å². The van der Waals surface area contributed by atoms with Crippen LogP contribution in [-0.2, 0) is 24.0 Å².